The lowest BCUT2D eigenvalue weighted by atomic mass is 10.0. The molecular formula is C20H30N2O3. The molecule has 5 nitrogen and oxygen atoms in total. The number of aryl methyl sites for hydroxylation is 1. The van der Waals surface area contributed by atoms with E-state index in [1.54, 1.807) is 0 Å². The van der Waals surface area contributed by atoms with Crippen LogP contribution in [0.15, 0.2) is 24.3 Å². The van der Waals surface area contributed by atoms with Crippen LogP contribution in [-0.4, -0.2) is 67.8 Å². The van der Waals surface area contributed by atoms with Crippen molar-refractivity contribution in [3.8, 4) is 0 Å². The highest BCUT2D eigenvalue weighted by molar-refractivity contribution is 5.77. The van der Waals surface area contributed by atoms with Crippen molar-refractivity contribution in [2.45, 2.75) is 38.8 Å². The number of nitrogens with zero attached hydrogens (tertiary/aromatic N) is 2. The van der Waals surface area contributed by atoms with Crippen LogP contribution < -0.4 is 0 Å². The highest BCUT2D eigenvalue weighted by atomic mass is 16.5. The number of amides is 1. The van der Waals surface area contributed by atoms with E-state index in [1.807, 2.05) is 4.90 Å². The summed E-state index contributed by atoms with van der Waals surface area (Å²) in [5.74, 6) is 0.0978. The Morgan fingerprint density at radius 2 is 1.96 bits per heavy atom. The van der Waals surface area contributed by atoms with Crippen LogP contribution >= 0.6 is 0 Å². The molecule has 2 atom stereocenters. The quantitative estimate of drug-likeness (QED) is 0.793. The van der Waals surface area contributed by atoms with E-state index in [2.05, 4.69) is 43.0 Å². The summed E-state index contributed by atoms with van der Waals surface area (Å²) in [6.07, 6.45) is 2.33. The SMILES string of the molecule is Cc1ccc([C@@H](C)N2CCN(C(=O)COC[C@@H]3CCCO3)CC2)cc1. The van der Waals surface area contributed by atoms with Gasteiger partial charge in [0.15, 0.2) is 0 Å². The van der Waals surface area contributed by atoms with Gasteiger partial charge >= 0.3 is 0 Å². The third-order valence-electron chi connectivity index (χ3n) is 5.33. The van der Waals surface area contributed by atoms with Gasteiger partial charge in [0.1, 0.15) is 6.61 Å². The Kier molecular flexibility index (Phi) is 6.45. The van der Waals surface area contributed by atoms with Gasteiger partial charge in [-0.1, -0.05) is 29.8 Å². The van der Waals surface area contributed by atoms with Crippen LogP contribution in [0.25, 0.3) is 0 Å². The lowest BCUT2D eigenvalue weighted by molar-refractivity contribution is -0.139. The average Bonchev–Trinajstić information content (AvgIpc) is 3.15. The van der Waals surface area contributed by atoms with Crippen molar-refractivity contribution in [1.82, 2.24) is 9.80 Å². The van der Waals surface area contributed by atoms with Crippen molar-refractivity contribution in [1.29, 1.82) is 0 Å². The smallest absolute Gasteiger partial charge is 0.248 e. The maximum Gasteiger partial charge on any atom is 0.248 e. The molecule has 1 amide bonds. The van der Waals surface area contributed by atoms with E-state index in [9.17, 15) is 4.79 Å². The predicted molar refractivity (Wildman–Crippen MR) is 97.5 cm³/mol. The molecule has 25 heavy (non-hydrogen) atoms. The van der Waals surface area contributed by atoms with E-state index in [1.165, 1.54) is 11.1 Å². The molecular weight excluding hydrogens is 316 g/mol. The zero-order valence-corrected chi connectivity index (χ0v) is 15.4. The fraction of sp³-hybridized carbons (Fsp3) is 0.650. The van der Waals surface area contributed by atoms with Gasteiger partial charge in [0.25, 0.3) is 0 Å². The third kappa shape index (κ3) is 5.03. The molecule has 1 aromatic carbocycles. The van der Waals surface area contributed by atoms with Crippen molar-refractivity contribution in [2.24, 2.45) is 0 Å². The van der Waals surface area contributed by atoms with Crippen LogP contribution in [0.2, 0.25) is 0 Å². The molecule has 0 saturated carbocycles. The van der Waals surface area contributed by atoms with Gasteiger partial charge in [-0.25, -0.2) is 0 Å². The first-order valence-electron chi connectivity index (χ1n) is 9.41. The van der Waals surface area contributed by atoms with Crippen molar-refractivity contribution >= 4 is 5.91 Å². The van der Waals surface area contributed by atoms with E-state index in [0.29, 0.717) is 12.6 Å². The van der Waals surface area contributed by atoms with Gasteiger partial charge in [-0.2, -0.15) is 0 Å². The lowest BCUT2D eigenvalue weighted by Crippen LogP contribution is -2.50. The largest absolute Gasteiger partial charge is 0.376 e. The Balaban J connectivity index is 1.40. The molecule has 0 spiro atoms. The van der Waals surface area contributed by atoms with Gasteiger partial charge in [0, 0.05) is 38.8 Å². The van der Waals surface area contributed by atoms with Crippen LogP contribution in [-0.2, 0) is 14.3 Å². The van der Waals surface area contributed by atoms with Crippen molar-refractivity contribution < 1.29 is 14.3 Å². The molecule has 0 N–H and O–H groups in total. The van der Waals surface area contributed by atoms with E-state index < -0.39 is 0 Å². The summed E-state index contributed by atoms with van der Waals surface area (Å²) in [6.45, 7) is 9.26. The topological polar surface area (TPSA) is 42.0 Å². The summed E-state index contributed by atoms with van der Waals surface area (Å²) in [4.78, 5) is 16.7. The van der Waals surface area contributed by atoms with Gasteiger partial charge < -0.3 is 14.4 Å². The molecule has 138 valence electrons. The molecule has 5 heteroatoms. The molecule has 0 aliphatic carbocycles. The number of benzene rings is 1. The molecule has 2 aliphatic rings. The number of hydrogen-bond donors (Lipinski definition) is 0. The second-order valence-electron chi connectivity index (χ2n) is 7.15. The van der Waals surface area contributed by atoms with Crippen molar-refractivity contribution in [3.63, 3.8) is 0 Å². The van der Waals surface area contributed by atoms with Crippen LogP contribution in [0.4, 0.5) is 0 Å². The summed E-state index contributed by atoms with van der Waals surface area (Å²) >= 11 is 0. The molecule has 0 unspecified atom stereocenters. The minimum atomic E-state index is 0.0978. The molecule has 2 aliphatic heterocycles. The minimum Gasteiger partial charge on any atom is -0.376 e. The maximum atomic E-state index is 12.3. The van der Waals surface area contributed by atoms with Gasteiger partial charge in [0.05, 0.1) is 12.7 Å². The van der Waals surface area contributed by atoms with Gasteiger partial charge in [0.2, 0.25) is 5.91 Å². The average molecular weight is 346 g/mol. The number of ether oxygens (including phenoxy) is 2. The van der Waals surface area contributed by atoms with Gasteiger partial charge in [-0.3, -0.25) is 9.69 Å². The van der Waals surface area contributed by atoms with E-state index in [0.717, 1.165) is 45.6 Å². The Morgan fingerprint density at radius 3 is 2.60 bits per heavy atom. The monoisotopic (exact) mass is 346 g/mol. The summed E-state index contributed by atoms with van der Waals surface area (Å²) in [5.41, 5.74) is 2.62. The third-order valence-corrected chi connectivity index (χ3v) is 5.33. The van der Waals surface area contributed by atoms with E-state index >= 15 is 0 Å². The van der Waals surface area contributed by atoms with E-state index in [4.69, 9.17) is 9.47 Å². The first kappa shape index (κ1) is 18.4. The molecule has 2 fully saturated rings. The lowest BCUT2D eigenvalue weighted by Gasteiger charge is -2.38. The molecule has 2 saturated heterocycles. The second-order valence-corrected chi connectivity index (χ2v) is 7.15. The number of rotatable bonds is 6. The molecule has 0 radical (unpaired) electrons. The van der Waals surface area contributed by atoms with Crippen molar-refractivity contribution in [2.75, 3.05) is 46.0 Å². The highest BCUT2D eigenvalue weighted by Crippen LogP contribution is 2.22. The number of carbonyl (C=O) groups is 1. The van der Waals surface area contributed by atoms with Gasteiger partial charge in [-0.15, -0.1) is 0 Å². The maximum absolute atomic E-state index is 12.3. The van der Waals surface area contributed by atoms with Crippen LogP contribution in [0.1, 0.15) is 36.9 Å². The van der Waals surface area contributed by atoms with Crippen LogP contribution in [0.5, 0.6) is 0 Å². The molecule has 2 heterocycles. The second kappa shape index (κ2) is 8.79. The molecule has 3 rings (SSSR count). The Morgan fingerprint density at radius 1 is 1.24 bits per heavy atom. The standard InChI is InChI=1S/C20H30N2O3/c1-16-5-7-18(8-6-16)17(2)21-9-11-22(12-10-21)20(23)15-24-14-19-4-3-13-25-19/h5-8,17,19H,3-4,9-15H2,1-2H3/t17-,19+/m1/s1. The number of hydrogen-bond acceptors (Lipinski definition) is 4. The zero-order chi connectivity index (χ0) is 17.6. The number of carbonyl (C=O) groups excluding carboxylic acids is 1. The zero-order valence-electron chi connectivity index (χ0n) is 15.4. The Bertz CT molecular complexity index is 547. The Labute approximate surface area is 150 Å². The first-order valence-corrected chi connectivity index (χ1v) is 9.41. The van der Waals surface area contributed by atoms with Crippen molar-refractivity contribution in [3.05, 3.63) is 35.4 Å². The fourth-order valence-corrected chi connectivity index (χ4v) is 3.56. The first-order chi connectivity index (χ1) is 12.1. The van der Waals surface area contributed by atoms with Crippen LogP contribution in [0.3, 0.4) is 0 Å². The van der Waals surface area contributed by atoms with E-state index in [-0.39, 0.29) is 18.6 Å². The Hall–Kier alpha value is -1.43. The van der Waals surface area contributed by atoms with Gasteiger partial charge in [-0.05, 0) is 32.3 Å². The summed E-state index contributed by atoms with van der Waals surface area (Å²) in [7, 11) is 0. The predicted octanol–water partition coefficient (Wildman–Crippen LogP) is 2.40. The minimum absolute atomic E-state index is 0.0978. The normalized spacial score (nSPS) is 23.0. The number of piperazine rings is 1. The van der Waals surface area contributed by atoms with Crippen LogP contribution in [0, 0.1) is 6.92 Å². The molecule has 0 bridgehead atoms. The highest BCUT2D eigenvalue weighted by Gasteiger charge is 2.25. The summed E-state index contributed by atoms with van der Waals surface area (Å²) in [5, 5.41) is 0. The fourth-order valence-electron chi connectivity index (χ4n) is 3.56. The summed E-state index contributed by atoms with van der Waals surface area (Å²) in [6, 6.07) is 9.12. The summed E-state index contributed by atoms with van der Waals surface area (Å²) < 4.78 is 11.1. The molecule has 0 aromatic heterocycles. The molecule has 1 aromatic rings.